The van der Waals surface area contributed by atoms with Crippen molar-refractivity contribution in [3.05, 3.63) is 47.8 Å². The number of para-hydroxylation sites is 2. The van der Waals surface area contributed by atoms with E-state index in [1.165, 1.54) is 6.20 Å². The maximum absolute atomic E-state index is 12.4. The van der Waals surface area contributed by atoms with E-state index in [1.54, 1.807) is 47.0 Å². The number of aromatic nitrogens is 3. The predicted molar refractivity (Wildman–Crippen MR) is 110 cm³/mol. The van der Waals surface area contributed by atoms with Gasteiger partial charge in [0.1, 0.15) is 0 Å². The molecular formula is C21H21N5O4. The number of hydrogen-bond acceptors (Lipinski definition) is 6. The third-order valence-electron chi connectivity index (χ3n) is 4.98. The normalized spacial score (nSPS) is 13.7. The van der Waals surface area contributed by atoms with Crippen molar-refractivity contribution in [3.8, 4) is 0 Å². The van der Waals surface area contributed by atoms with E-state index in [4.69, 9.17) is 4.74 Å². The number of carbonyl (C=O) groups excluding carboxylic acids is 3. The summed E-state index contributed by atoms with van der Waals surface area (Å²) in [6.45, 7) is 1.99. The Labute approximate surface area is 172 Å². The summed E-state index contributed by atoms with van der Waals surface area (Å²) in [4.78, 5) is 42.6. The fraction of sp³-hybridized carbons (Fsp3) is 0.286. The van der Waals surface area contributed by atoms with Crippen molar-refractivity contribution in [2.75, 3.05) is 23.4 Å². The molecule has 30 heavy (non-hydrogen) atoms. The summed E-state index contributed by atoms with van der Waals surface area (Å²) in [7, 11) is 1.78. The molecular weight excluding hydrogens is 386 g/mol. The minimum Gasteiger partial charge on any atom is -0.452 e. The van der Waals surface area contributed by atoms with E-state index in [1.807, 2.05) is 6.92 Å². The maximum Gasteiger partial charge on any atom is 0.340 e. The molecule has 0 bridgehead atoms. The fourth-order valence-corrected chi connectivity index (χ4v) is 3.54. The number of aryl methyl sites for hydroxylation is 2. The van der Waals surface area contributed by atoms with Gasteiger partial charge in [-0.05, 0) is 31.5 Å². The van der Waals surface area contributed by atoms with Crippen LogP contribution in [-0.4, -0.2) is 45.7 Å². The van der Waals surface area contributed by atoms with Crippen molar-refractivity contribution in [3.63, 3.8) is 0 Å². The average Bonchev–Trinajstić information content (AvgIpc) is 3.29. The Morgan fingerprint density at radius 3 is 2.83 bits per heavy atom. The van der Waals surface area contributed by atoms with Gasteiger partial charge in [0.15, 0.2) is 12.3 Å². The zero-order chi connectivity index (χ0) is 21.3. The molecule has 0 saturated carbocycles. The van der Waals surface area contributed by atoms with Crippen LogP contribution in [0.2, 0.25) is 0 Å². The summed E-state index contributed by atoms with van der Waals surface area (Å²) in [5.74, 6) is -1.11. The van der Waals surface area contributed by atoms with Crippen LogP contribution in [0.4, 0.5) is 11.4 Å². The van der Waals surface area contributed by atoms with Gasteiger partial charge in [-0.15, -0.1) is 0 Å². The highest BCUT2D eigenvalue weighted by Gasteiger charge is 2.24. The Balaban J connectivity index is 1.41. The number of carbonyl (C=O) groups is 3. The van der Waals surface area contributed by atoms with Crippen molar-refractivity contribution in [2.24, 2.45) is 7.05 Å². The van der Waals surface area contributed by atoms with Crippen LogP contribution in [0.1, 0.15) is 28.9 Å². The molecule has 2 amide bonds. The minimum atomic E-state index is -0.647. The van der Waals surface area contributed by atoms with Crippen LogP contribution >= 0.6 is 0 Å². The monoisotopic (exact) mass is 407 g/mol. The molecule has 9 nitrogen and oxygen atoms in total. The lowest BCUT2D eigenvalue weighted by Crippen LogP contribution is -2.27. The molecule has 9 heteroatoms. The summed E-state index contributed by atoms with van der Waals surface area (Å²) in [6, 6.07) is 8.72. The summed E-state index contributed by atoms with van der Waals surface area (Å²) < 4.78 is 6.78. The van der Waals surface area contributed by atoms with Gasteiger partial charge in [0.2, 0.25) is 5.91 Å². The molecule has 0 spiro atoms. The van der Waals surface area contributed by atoms with E-state index in [-0.39, 0.29) is 11.5 Å². The van der Waals surface area contributed by atoms with E-state index < -0.39 is 18.5 Å². The molecule has 3 aromatic rings. The number of fused-ring (bicyclic) bond motifs is 1. The number of hydrogen-bond donors (Lipinski definition) is 1. The van der Waals surface area contributed by atoms with E-state index in [9.17, 15) is 14.4 Å². The molecule has 0 atom stereocenters. The molecule has 0 unspecified atom stereocenters. The smallest absolute Gasteiger partial charge is 0.340 e. The minimum absolute atomic E-state index is 0.0247. The summed E-state index contributed by atoms with van der Waals surface area (Å²) in [5.41, 5.74) is 2.80. The third-order valence-corrected chi connectivity index (χ3v) is 4.98. The van der Waals surface area contributed by atoms with Gasteiger partial charge in [-0.3, -0.25) is 14.3 Å². The SMILES string of the molecule is Cc1nn(C)c2ncc(C(=O)OCC(=O)Nc3ccccc3N3CCCC3=O)cc12. The summed E-state index contributed by atoms with van der Waals surface area (Å²) in [6.07, 6.45) is 2.68. The molecule has 3 heterocycles. The van der Waals surface area contributed by atoms with Crippen molar-refractivity contribution < 1.29 is 19.1 Å². The van der Waals surface area contributed by atoms with Crippen LogP contribution in [0.3, 0.4) is 0 Å². The van der Waals surface area contributed by atoms with Gasteiger partial charge in [0.25, 0.3) is 5.91 Å². The largest absolute Gasteiger partial charge is 0.452 e. The summed E-state index contributed by atoms with van der Waals surface area (Å²) >= 11 is 0. The molecule has 1 aliphatic heterocycles. The Hall–Kier alpha value is -3.75. The average molecular weight is 407 g/mol. The first-order chi connectivity index (χ1) is 14.4. The van der Waals surface area contributed by atoms with Gasteiger partial charge in [-0.1, -0.05) is 12.1 Å². The van der Waals surface area contributed by atoms with Crippen LogP contribution in [0, 0.1) is 6.92 Å². The van der Waals surface area contributed by atoms with Crippen LogP contribution in [0.25, 0.3) is 11.0 Å². The van der Waals surface area contributed by atoms with Gasteiger partial charge in [0, 0.05) is 31.6 Å². The first-order valence-electron chi connectivity index (χ1n) is 9.60. The number of rotatable bonds is 5. The van der Waals surface area contributed by atoms with Gasteiger partial charge in [0.05, 0.1) is 22.6 Å². The van der Waals surface area contributed by atoms with Crippen LogP contribution in [0.15, 0.2) is 36.5 Å². The number of amides is 2. The molecule has 2 aromatic heterocycles. The Morgan fingerprint density at radius 2 is 2.07 bits per heavy atom. The van der Waals surface area contributed by atoms with Crippen molar-refractivity contribution in [1.29, 1.82) is 0 Å². The number of pyridine rings is 1. The number of benzene rings is 1. The van der Waals surface area contributed by atoms with Crippen molar-refractivity contribution >= 4 is 40.2 Å². The second-order valence-corrected chi connectivity index (χ2v) is 7.09. The van der Waals surface area contributed by atoms with Gasteiger partial charge >= 0.3 is 5.97 Å². The van der Waals surface area contributed by atoms with Gasteiger partial charge in [-0.25, -0.2) is 9.78 Å². The fourth-order valence-electron chi connectivity index (χ4n) is 3.54. The highest BCUT2D eigenvalue weighted by atomic mass is 16.5. The zero-order valence-corrected chi connectivity index (χ0v) is 16.7. The maximum atomic E-state index is 12.4. The topological polar surface area (TPSA) is 106 Å². The zero-order valence-electron chi connectivity index (χ0n) is 16.7. The van der Waals surface area contributed by atoms with Crippen LogP contribution in [-0.2, 0) is 21.4 Å². The van der Waals surface area contributed by atoms with Crippen molar-refractivity contribution in [1.82, 2.24) is 14.8 Å². The molecule has 4 rings (SSSR count). The Bertz CT molecular complexity index is 1150. The predicted octanol–water partition coefficient (Wildman–Crippen LogP) is 2.20. The molecule has 1 aromatic carbocycles. The van der Waals surface area contributed by atoms with E-state index in [0.29, 0.717) is 30.0 Å². The van der Waals surface area contributed by atoms with Crippen LogP contribution in [0.5, 0.6) is 0 Å². The van der Waals surface area contributed by atoms with Crippen LogP contribution < -0.4 is 10.2 Å². The molecule has 1 N–H and O–H groups in total. The second-order valence-electron chi connectivity index (χ2n) is 7.09. The number of nitrogens with one attached hydrogen (secondary N) is 1. The van der Waals surface area contributed by atoms with E-state index in [0.717, 1.165) is 17.5 Å². The Kier molecular flexibility index (Phi) is 5.18. The number of esters is 1. The lowest BCUT2D eigenvalue weighted by atomic mass is 10.2. The third kappa shape index (κ3) is 3.73. The summed E-state index contributed by atoms with van der Waals surface area (Å²) in [5, 5.41) is 7.74. The number of ether oxygens (including phenoxy) is 1. The molecule has 0 aliphatic carbocycles. The molecule has 154 valence electrons. The Morgan fingerprint density at radius 1 is 1.27 bits per heavy atom. The van der Waals surface area contributed by atoms with Gasteiger partial charge < -0.3 is 15.0 Å². The number of anilines is 2. The highest BCUT2D eigenvalue weighted by molar-refractivity contribution is 6.03. The van der Waals surface area contributed by atoms with E-state index in [2.05, 4.69) is 15.4 Å². The lowest BCUT2D eigenvalue weighted by molar-refractivity contribution is -0.119. The molecule has 0 radical (unpaired) electrons. The molecule has 1 fully saturated rings. The first-order valence-corrected chi connectivity index (χ1v) is 9.60. The highest BCUT2D eigenvalue weighted by Crippen LogP contribution is 2.29. The standard InChI is InChI=1S/C21H21N5O4/c1-13-15-10-14(11-22-20(15)25(2)24-13)21(29)30-12-18(27)23-16-6-3-4-7-17(16)26-9-5-8-19(26)28/h3-4,6-7,10-11H,5,8-9,12H2,1-2H3,(H,23,27). The molecule has 1 saturated heterocycles. The molecule has 1 aliphatic rings. The van der Waals surface area contributed by atoms with Gasteiger partial charge in [-0.2, -0.15) is 5.10 Å². The number of nitrogens with zero attached hydrogens (tertiary/aromatic N) is 4. The van der Waals surface area contributed by atoms with Crippen molar-refractivity contribution in [2.45, 2.75) is 19.8 Å². The lowest BCUT2D eigenvalue weighted by Gasteiger charge is -2.19. The first kappa shape index (κ1) is 19.6. The second kappa shape index (κ2) is 7.94. The quantitative estimate of drug-likeness (QED) is 0.650. The van der Waals surface area contributed by atoms with E-state index >= 15 is 0 Å².